The lowest BCUT2D eigenvalue weighted by Crippen LogP contribution is -2.17. The summed E-state index contributed by atoms with van der Waals surface area (Å²) in [5, 5.41) is 0. The molecule has 3 aromatic rings. The topological polar surface area (TPSA) is 92.3 Å². The predicted octanol–water partition coefficient (Wildman–Crippen LogP) is 6.34. The molecule has 0 fully saturated rings. The van der Waals surface area contributed by atoms with Crippen LogP contribution in [-0.4, -0.2) is 16.8 Å². The van der Waals surface area contributed by atoms with Crippen molar-refractivity contribution in [3.05, 3.63) is 78.6 Å². The summed E-state index contributed by atoms with van der Waals surface area (Å²) in [6.07, 6.45) is 0. The minimum Gasteiger partial charge on any atom is -0.277 e. The minimum absolute atomic E-state index is 0.0338. The first-order valence-electron chi connectivity index (χ1n) is 8.04. The lowest BCUT2D eigenvalue weighted by molar-refractivity contribution is 0.599. The van der Waals surface area contributed by atoms with Gasteiger partial charge in [-0.05, 0) is 92.5 Å². The van der Waals surface area contributed by atoms with Gasteiger partial charge in [-0.1, -0.05) is 31.9 Å². The zero-order valence-electron chi connectivity index (χ0n) is 14.7. The van der Waals surface area contributed by atoms with E-state index in [4.69, 9.17) is 0 Å². The first-order valence-corrected chi connectivity index (χ1v) is 14.2. The van der Waals surface area contributed by atoms with Crippen LogP contribution in [0.2, 0.25) is 0 Å². The van der Waals surface area contributed by atoms with E-state index in [9.17, 15) is 16.8 Å². The Morgan fingerprint density at radius 3 is 1.13 bits per heavy atom. The van der Waals surface area contributed by atoms with Crippen molar-refractivity contribution in [2.45, 2.75) is 9.79 Å². The summed E-state index contributed by atoms with van der Waals surface area (Å²) in [6, 6.07) is 15.1. The molecule has 0 aromatic heterocycles. The molecule has 0 amide bonds. The maximum atomic E-state index is 12.8. The number of sulfonamides is 2. The molecule has 2 N–H and O–H groups in total. The van der Waals surface area contributed by atoms with E-state index in [0.717, 1.165) is 8.95 Å². The lowest BCUT2D eigenvalue weighted by atomic mass is 10.3. The fraction of sp³-hybridized carbons (Fsp3) is 0. The second kappa shape index (κ2) is 9.29. The molecule has 158 valence electrons. The van der Waals surface area contributed by atoms with Gasteiger partial charge in [0.25, 0.3) is 20.0 Å². The third-order valence-electron chi connectivity index (χ3n) is 3.80. The maximum Gasteiger partial charge on any atom is 0.261 e. The second-order valence-corrected chi connectivity index (χ2v) is 12.8. The van der Waals surface area contributed by atoms with E-state index in [1.165, 1.54) is 36.4 Å². The van der Waals surface area contributed by atoms with E-state index in [-0.39, 0.29) is 21.2 Å². The Hall–Kier alpha value is -0.920. The van der Waals surface area contributed by atoms with Gasteiger partial charge in [-0.2, -0.15) is 0 Å². The Bertz CT molecular complexity index is 1190. The van der Waals surface area contributed by atoms with Crippen LogP contribution in [0.25, 0.3) is 0 Å². The molecule has 0 saturated carbocycles. The van der Waals surface area contributed by atoms with Gasteiger partial charge >= 0.3 is 0 Å². The number of rotatable bonds is 6. The molecule has 30 heavy (non-hydrogen) atoms. The van der Waals surface area contributed by atoms with Crippen LogP contribution in [0.15, 0.2) is 88.3 Å². The number of hydrogen-bond donors (Lipinski definition) is 2. The number of benzene rings is 3. The zero-order valence-corrected chi connectivity index (χ0v) is 22.7. The summed E-state index contributed by atoms with van der Waals surface area (Å²) in [5.74, 6) is 0. The average Bonchev–Trinajstić information content (AvgIpc) is 2.66. The number of hydrogen-bond acceptors (Lipinski definition) is 4. The van der Waals surface area contributed by atoms with E-state index in [1.54, 1.807) is 24.3 Å². The molecule has 0 aliphatic carbocycles. The standard InChI is InChI=1S/C18H12Br4N2O4S2/c19-11-1-5-13(6-2-11)29(25,26)23-17-9-15(21)16(22)10-18(17)24-30(27,28)14-7-3-12(20)4-8-14/h1-10,23-24H. The zero-order chi connectivity index (χ0) is 22.1. The predicted molar refractivity (Wildman–Crippen MR) is 132 cm³/mol. The third-order valence-corrected chi connectivity index (χ3v) is 9.46. The molecule has 0 spiro atoms. The first-order chi connectivity index (χ1) is 14.0. The van der Waals surface area contributed by atoms with Crippen LogP contribution >= 0.6 is 63.7 Å². The maximum absolute atomic E-state index is 12.8. The van der Waals surface area contributed by atoms with Crippen LogP contribution in [0.5, 0.6) is 0 Å². The van der Waals surface area contributed by atoms with Gasteiger partial charge in [-0.3, -0.25) is 9.44 Å². The molecule has 0 heterocycles. The molecule has 12 heteroatoms. The Kier molecular flexibility index (Phi) is 7.35. The Labute approximate surface area is 208 Å². The molecule has 3 rings (SSSR count). The molecule has 6 nitrogen and oxygen atoms in total. The quantitative estimate of drug-likeness (QED) is 0.314. The van der Waals surface area contributed by atoms with Gasteiger partial charge in [0.05, 0.1) is 21.2 Å². The van der Waals surface area contributed by atoms with E-state index in [0.29, 0.717) is 8.95 Å². The van der Waals surface area contributed by atoms with E-state index in [2.05, 4.69) is 73.2 Å². The van der Waals surface area contributed by atoms with Gasteiger partial charge < -0.3 is 0 Å². The average molecular weight is 704 g/mol. The molecular weight excluding hydrogens is 692 g/mol. The molecule has 3 aromatic carbocycles. The molecule has 0 saturated heterocycles. The van der Waals surface area contributed by atoms with Gasteiger partial charge in [0, 0.05) is 17.9 Å². The van der Waals surface area contributed by atoms with Crippen LogP contribution in [0.3, 0.4) is 0 Å². The van der Waals surface area contributed by atoms with Crippen molar-refractivity contribution in [2.24, 2.45) is 0 Å². The molecule has 0 bridgehead atoms. The first kappa shape index (κ1) is 23.7. The summed E-state index contributed by atoms with van der Waals surface area (Å²) < 4.78 is 58.6. The summed E-state index contributed by atoms with van der Waals surface area (Å²) in [7, 11) is -7.91. The van der Waals surface area contributed by atoms with Crippen LogP contribution < -0.4 is 9.44 Å². The van der Waals surface area contributed by atoms with Crippen LogP contribution in [0.4, 0.5) is 11.4 Å². The highest BCUT2D eigenvalue weighted by molar-refractivity contribution is 9.13. The van der Waals surface area contributed by atoms with Gasteiger partial charge in [-0.25, -0.2) is 16.8 Å². The highest BCUT2D eigenvalue weighted by Crippen LogP contribution is 2.35. The minimum atomic E-state index is -3.96. The molecular formula is C18H12Br4N2O4S2. The van der Waals surface area contributed by atoms with Gasteiger partial charge in [-0.15, -0.1) is 0 Å². The van der Waals surface area contributed by atoms with E-state index in [1.807, 2.05) is 0 Å². The van der Waals surface area contributed by atoms with Crippen molar-refractivity contribution in [2.75, 3.05) is 9.44 Å². The monoisotopic (exact) mass is 700 g/mol. The van der Waals surface area contributed by atoms with Gasteiger partial charge in [0.2, 0.25) is 0 Å². The van der Waals surface area contributed by atoms with Crippen molar-refractivity contribution < 1.29 is 16.8 Å². The number of halogens is 4. The fourth-order valence-electron chi connectivity index (χ4n) is 2.35. The van der Waals surface area contributed by atoms with Crippen molar-refractivity contribution in [1.29, 1.82) is 0 Å². The van der Waals surface area contributed by atoms with Crippen molar-refractivity contribution in [3.8, 4) is 0 Å². The summed E-state index contributed by atoms with van der Waals surface area (Å²) in [6.45, 7) is 0. The Balaban J connectivity index is 2.01. The lowest BCUT2D eigenvalue weighted by Gasteiger charge is -2.16. The summed E-state index contributed by atoms with van der Waals surface area (Å²) in [4.78, 5) is 0.0675. The van der Waals surface area contributed by atoms with E-state index >= 15 is 0 Å². The molecule has 0 radical (unpaired) electrons. The van der Waals surface area contributed by atoms with E-state index < -0.39 is 20.0 Å². The molecule has 0 atom stereocenters. The smallest absolute Gasteiger partial charge is 0.261 e. The summed E-state index contributed by atoms with van der Waals surface area (Å²) in [5.41, 5.74) is 0.127. The van der Waals surface area contributed by atoms with Crippen molar-refractivity contribution in [3.63, 3.8) is 0 Å². The normalized spacial score (nSPS) is 11.9. The SMILES string of the molecule is O=S(=O)(Nc1cc(Br)c(Br)cc1NS(=O)(=O)c1ccc(Br)cc1)c1ccc(Br)cc1. The second-order valence-electron chi connectivity index (χ2n) is 5.93. The van der Waals surface area contributed by atoms with Crippen molar-refractivity contribution in [1.82, 2.24) is 0 Å². The third kappa shape index (κ3) is 5.65. The molecule has 0 unspecified atom stereocenters. The van der Waals surface area contributed by atoms with Crippen molar-refractivity contribution >= 4 is 95.1 Å². The largest absolute Gasteiger partial charge is 0.277 e. The fourth-order valence-corrected chi connectivity index (χ4v) is 5.71. The van der Waals surface area contributed by atoms with Crippen LogP contribution in [0, 0.1) is 0 Å². The number of nitrogens with one attached hydrogen (secondary N) is 2. The Morgan fingerprint density at radius 2 is 0.833 bits per heavy atom. The van der Waals surface area contributed by atoms with Crippen LogP contribution in [-0.2, 0) is 20.0 Å². The molecule has 0 aliphatic heterocycles. The molecule has 0 aliphatic rings. The number of anilines is 2. The Morgan fingerprint density at radius 1 is 0.533 bits per heavy atom. The summed E-state index contributed by atoms with van der Waals surface area (Å²) >= 11 is 13.2. The van der Waals surface area contributed by atoms with Gasteiger partial charge in [0.15, 0.2) is 0 Å². The van der Waals surface area contributed by atoms with Crippen LogP contribution in [0.1, 0.15) is 0 Å². The highest BCUT2D eigenvalue weighted by atomic mass is 79.9. The highest BCUT2D eigenvalue weighted by Gasteiger charge is 2.21. The van der Waals surface area contributed by atoms with Gasteiger partial charge in [0.1, 0.15) is 0 Å².